The van der Waals surface area contributed by atoms with Crippen LogP contribution in [0.3, 0.4) is 0 Å². The second-order valence-electron chi connectivity index (χ2n) is 6.18. The number of hydrogen-bond donors (Lipinski definition) is 0. The number of aromatic nitrogens is 1. The van der Waals surface area contributed by atoms with Crippen LogP contribution in [0.4, 0.5) is 4.39 Å². The fourth-order valence-electron chi connectivity index (χ4n) is 3.57. The maximum atomic E-state index is 14.1. The summed E-state index contributed by atoms with van der Waals surface area (Å²) in [6, 6.07) is 8.75. The van der Waals surface area contributed by atoms with E-state index < -0.39 is 5.41 Å². The standard InChI is InChI=1S/C20H20FNO2/c1-13-17(7-4-8-18(13)21)20(19(23)24-3)10-9-15(12-20)16-6-5-11-22-14(16)2/h4-8,11-12H,9-10H2,1-3H3/t20-/m0/s1. The van der Waals surface area contributed by atoms with Gasteiger partial charge < -0.3 is 4.74 Å². The van der Waals surface area contributed by atoms with E-state index in [1.54, 1.807) is 19.2 Å². The van der Waals surface area contributed by atoms with Gasteiger partial charge in [0.15, 0.2) is 0 Å². The van der Waals surface area contributed by atoms with Crippen LogP contribution >= 0.6 is 0 Å². The number of carbonyl (C=O) groups excluding carboxylic acids is 1. The van der Waals surface area contributed by atoms with Gasteiger partial charge in [-0.05, 0) is 61.1 Å². The van der Waals surface area contributed by atoms with Crippen LogP contribution in [0, 0.1) is 19.7 Å². The smallest absolute Gasteiger partial charge is 0.320 e. The molecule has 0 amide bonds. The number of hydrogen-bond acceptors (Lipinski definition) is 3. The fourth-order valence-corrected chi connectivity index (χ4v) is 3.57. The molecule has 1 aromatic carbocycles. The number of esters is 1. The summed E-state index contributed by atoms with van der Waals surface area (Å²) in [5.74, 6) is -0.664. The Morgan fingerprint density at radius 3 is 2.75 bits per heavy atom. The van der Waals surface area contributed by atoms with Gasteiger partial charge in [-0.2, -0.15) is 0 Å². The fraction of sp³-hybridized carbons (Fsp3) is 0.300. The number of benzene rings is 1. The minimum absolute atomic E-state index is 0.310. The highest BCUT2D eigenvalue weighted by Gasteiger charge is 2.44. The largest absolute Gasteiger partial charge is 0.468 e. The van der Waals surface area contributed by atoms with Crippen LogP contribution in [0.1, 0.15) is 35.2 Å². The Hall–Kier alpha value is -2.49. The van der Waals surface area contributed by atoms with Gasteiger partial charge >= 0.3 is 5.97 Å². The number of carbonyl (C=O) groups is 1. The first-order chi connectivity index (χ1) is 11.5. The minimum Gasteiger partial charge on any atom is -0.468 e. The molecule has 0 unspecified atom stereocenters. The van der Waals surface area contributed by atoms with Crippen LogP contribution in [-0.2, 0) is 14.9 Å². The normalized spacial score (nSPS) is 19.9. The number of allylic oxidation sites excluding steroid dienone is 1. The number of aryl methyl sites for hydroxylation is 1. The summed E-state index contributed by atoms with van der Waals surface area (Å²) in [6.07, 6.45) is 4.97. The maximum Gasteiger partial charge on any atom is 0.320 e. The molecule has 1 atom stereocenters. The van der Waals surface area contributed by atoms with Crippen molar-refractivity contribution in [1.82, 2.24) is 4.98 Å². The van der Waals surface area contributed by atoms with Gasteiger partial charge in [-0.1, -0.05) is 24.3 Å². The van der Waals surface area contributed by atoms with E-state index in [-0.39, 0.29) is 11.8 Å². The molecule has 1 aromatic heterocycles. The quantitative estimate of drug-likeness (QED) is 0.797. The van der Waals surface area contributed by atoms with Gasteiger partial charge in [0.2, 0.25) is 0 Å². The Bertz CT molecular complexity index is 828. The predicted octanol–water partition coefficient (Wildman–Crippen LogP) is 4.13. The average molecular weight is 325 g/mol. The molecule has 0 aliphatic heterocycles. The van der Waals surface area contributed by atoms with Crippen molar-refractivity contribution in [3.63, 3.8) is 0 Å². The highest BCUT2D eigenvalue weighted by molar-refractivity contribution is 5.91. The summed E-state index contributed by atoms with van der Waals surface area (Å²) in [7, 11) is 1.37. The zero-order valence-corrected chi connectivity index (χ0v) is 14.1. The van der Waals surface area contributed by atoms with Gasteiger partial charge in [0.1, 0.15) is 11.2 Å². The van der Waals surface area contributed by atoms with Gasteiger partial charge in [0.25, 0.3) is 0 Å². The molecule has 0 saturated heterocycles. The highest BCUT2D eigenvalue weighted by Crippen LogP contribution is 2.45. The van der Waals surface area contributed by atoms with Crippen LogP contribution < -0.4 is 0 Å². The van der Waals surface area contributed by atoms with E-state index in [0.717, 1.165) is 23.3 Å². The van der Waals surface area contributed by atoms with E-state index in [1.807, 2.05) is 31.2 Å². The molecule has 0 spiro atoms. The zero-order valence-electron chi connectivity index (χ0n) is 14.1. The summed E-state index contributed by atoms with van der Waals surface area (Å²) in [5, 5.41) is 0. The molecule has 1 aliphatic carbocycles. The number of nitrogens with zero attached hydrogens (tertiary/aromatic N) is 1. The highest BCUT2D eigenvalue weighted by atomic mass is 19.1. The lowest BCUT2D eigenvalue weighted by molar-refractivity contribution is -0.145. The molecule has 3 nitrogen and oxygen atoms in total. The van der Waals surface area contributed by atoms with Crippen LogP contribution in [0.5, 0.6) is 0 Å². The van der Waals surface area contributed by atoms with Crippen LogP contribution in [-0.4, -0.2) is 18.1 Å². The van der Waals surface area contributed by atoms with E-state index in [4.69, 9.17) is 4.74 Å². The van der Waals surface area contributed by atoms with E-state index in [1.165, 1.54) is 13.2 Å². The third-order valence-corrected chi connectivity index (χ3v) is 4.86. The van der Waals surface area contributed by atoms with Crippen molar-refractivity contribution < 1.29 is 13.9 Å². The van der Waals surface area contributed by atoms with Crippen molar-refractivity contribution in [2.45, 2.75) is 32.1 Å². The molecular weight excluding hydrogens is 305 g/mol. The zero-order chi connectivity index (χ0) is 17.3. The lowest BCUT2D eigenvalue weighted by Gasteiger charge is -2.26. The van der Waals surface area contributed by atoms with Crippen molar-refractivity contribution >= 4 is 11.5 Å². The topological polar surface area (TPSA) is 39.2 Å². The third kappa shape index (κ3) is 2.52. The number of pyridine rings is 1. The Labute approximate surface area is 141 Å². The second-order valence-corrected chi connectivity index (χ2v) is 6.18. The summed E-state index contributed by atoms with van der Waals surface area (Å²) in [6.45, 7) is 3.65. The molecule has 2 aromatic rings. The minimum atomic E-state index is -0.946. The number of halogens is 1. The van der Waals surface area contributed by atoms with E-state index in [9.17, 15) is 9.18 Å². The summed E-state index contributed by atoms with van der Waals surface area (Å²) in [4.78, 5) is 17.0. The van der Waals surface area contributed by atoms with Gasteiger partial charge in [-0.15, -0.1) is 0 Å². The van der Waals surface area contributed by atoms with Crippen LogP contribution in [0.2, 0.25) is 0 Å². The van der Waals surface area contributed by atoms with Crippen molar-refractivity contribution in [3.05, 3.63) is 70.8 Å². The van der Waals surface area contributed by atoms with E-state index >= 15 is 0 Å². The summed E-state index contributed by atoms with van der Waals surface area (Å²) < 4.78 is 19.2. The molecule has 1 aliphatic rings. The molecule has 0 saturated carbocycles. The first kappa shape index (κ1) is 16.4. The Kier molecular flexibility index (Phi) is 4.22. The van der Waals surface area contributed by atoms with Crippen molar-refractivity contribution in [3.8, 4) is 0 Å². The number of rotatable bonds is 3. The first-order valence-corrected chi connectivity index (χ1v) is 7.97. The Balaban J connectivity index is 2.18. The predicted molar refractivity (Wildman–Crippen MR) is 91.0 cm³/mol. The molecule has 0 N–H and O–H groups in total. The van der Waals surface area contributed by atoms with Crippen molar-refractivity contribution in [1.29, 1.82) is 0 Å². The van der Waals surface area contributed by atoms with Crippen molar-refractivity contribution in [2.75, 3.05) is 7.11 Å². The van der Waals surface area contributed by atoms with Gasteiger partial charge in [0, 0.05) is 11.9 Å². The molecule has 124 valence electrons. The molecule has 4 heteroatoms. The van der Waals surface area contributed by atoms with Crippen LogP contribution in [0.15, 0.2) is 42.6 Å². The second kappa shape index (κ2) is 6.19. The van der Waals surface area contributed by atoms with Gasteiger partial charge in [0.05, 0.1) is 7.11 Å². The van der Waals surface area contributed by atoms with E-state index in [0.29, 0.717) is 17.5 Å². The molecule has 1 heterocycles. The third-order valence-electron chi connectivity index (χ3n) is 4.86. The molecule has 3 rings (SSSR count). The molecule has 24 heavy (non-hydrogen) atoms. The van der Waals surface area contributed by atoms with Gasteiger partial charge in [-0.25, -0.2) is 4.39 Å². The lowest BCUT2D eigenvalue weighted by Crippen LogP contribution is -2.34. The lowest BCUT2D eigenvalue weighted by atomic mass is 9.77. The average Bonchev–Trinajstić information content (AvgIpc) is 3.03. The van der Waals surface area contributed by atoms with Crippen LogP contribution in [0.25, 0.3) is 5.57 Å². The molecule has 0 radical (unpaired) electrons. The van der Waals surface area contributed by atoms with Crippen molar-refractivity contribution in [2.24, 2.45) is 0 Å². The molecular formula is C20H20FNO2. The number of ether oxygens (including phenoxy) is 1. The van der Waals surface area contributed by atoms with E-state index in [2.05, 4.69) is 4.98 Å². The molecule has 0 bridgehead atoms. The maximum absolute atomic E-state index is 14.1. The Morgan fingerprint density at radius 1 is 1.25 bits per heavy atom. The van der Waals surface area contributed by atoms with Gasteiger partial charge in [-0.3, -0.25) is 9.78 Å². The monoisotopic (exact) mass is 325 g/mol. The molecule has 0 fully saturated rings. The first-order valence-electron chi connectivity index (χ1n) is 7.97. The summed E-state index contributed by atoms with van der Waals surface area (Å²) in [5.41, 5.74) is 3.21. The Morgan fingerprint density at radius 2 is 2.04 bits per heavy atom. The SMILES string of the molecule is COC(=O)[C@]1(c2cccc(F)c2C)C=C(c2cccnc2C)CC1. The summed E-state index contributed by atoms with van der Waals surface area (Å²) >= 11 is 0. The number of methoxy groups -OCH3 is 1.